The number of pyridine rings is 5. The molecule has 0 N–H and O–H groups in total. The summed E-state index contributed by atoms with van der Waals surface area (Å²) in [6.45, 7) is 0. The van der Waals surface area contributed by atoms with E-state index < -0.39 is 0 Å². The number of rotatable bonds is 7. The highest BCUT2D eigenvalue weighted by molar-refractivity contribution is 6.39. The third-order valence-corrected chi connectivity index (χ3v) is 28.8. The fourth-order valence-electron chi connectivity index (χ4n) is 22.9. The van der Waals surface area contributed by atoms with E-state index in [9.17, 15) is 0 Å². The summed E-state index contributed by atoms with van der Waals surface area (Å²) < 4.78 is 26.7. The van der Waals surface area contributed by atoms with E-state index in [-0.39, 0.29) is 0 Å². The van der Waals surface area contributed by atoms with Crippen LogP contribution in [0.1, 0.15) is 0 Å². The van der Waals surface area contributed by atoms with Gasteiger partial charge < -0.3 is 13.3 Å². The second-order valence-corrected chi connectivity index (χ2v) is 36.3. The van der Waals surface area contributed by atoms with Gasteiger partial charge in [0.2, 0.25) is 11.9 Å². The molecule has 0 amide bonds. The number of benzene rings is 19. The van der Waals surface area contributed by atoms with Crippen molar-refractivity contribution < 1.29 is 13.3 Å². The summed E-state index contributed by atoms with van der Waals surface area (Å²) in [6, 6.07) is 137. The smallest absolute Gasteiger partial charge is 0.235 e. The topological polar surface area (TPSA) is 170 Å². The molecule has 13 aromatic heterocycles. The van der Waals surface area contributed by atoms with Crippen molar-refractivity contribution in [2.75, 3.05) is 0 Å². The lowest BCUT2D eigenvalue weighted by Gasteiger charge is -2.16. The van der Waals surface area contributed by atoms with Gasteiger partial charge in [0, 0.05) is 151 Å². The van der Waals surface area contributed by atoms with Crippen LogP contribution in [0.25, 0.3) is 302 Å². The highest BCUT2D eigenvalue weighted by atomic mass is 16.3. The maximum absolute atomic E-state index is 6.65. The van der Waals surface area contributed by atoms with Crippen molar-refractivity contribution in [3.8, 4) is 62.5 Å². The molecule has 0 radical (unpaired) electrons. The maximum atomic E-state index is 6.65. The van der Waals surface area contributed by atoms with Gasteiger partial charge in [-0.15, -0.1) is 0 Å². The first kappa shape index (κ1) is 78.8. The Balaban J connectivity index is 0.0000000998. The molecule has 15 nitrogen and oxygen atoms in total. The standard InChI is InChI=1S/C45H26N4O.C43H24N4O.C39H22N4O/c1-3-11-27(12-4-1)29-22-24-47-42-31(29)19-20-32-35(28-13-5-2-6-14-28)25-39(48-43(32)42)49-37-17-9-7-15-33(37)40-30-21-23-46-26-36(30)45-41(44(40)49)34-16-8-10-18-38(34)50-45;1-2-12-25(13-3-1)39-37-28-16-6-4-14-26(28)27-15-5-7-17-30(27)40(37)46-43(45-39)47-34-20-10-8-18-31(34)36-29-22-23-44-24-33(29)42-38(41(36)47)32-19-9-11-21-35(32)48-42;1-2-11-24(12-3-1)35-29-19-18-23-10-4-5-13-25(23)36(29)42-39(41-35)43-31-16-8-6-14-27(31)33-26-20-21-40-22-30(26)38-34(37(33)43)28-15-7-9-17-32(28)44-38/h1-26H;1-24H;1-22H. The predicted octanol–water partition coefficient (Wildman–Crippen LogP) is 32.8. The van der Waals surface area contributed by atoms with Crippen LogP contribution < -0.4 is 0 Å². The Kier molecular flexibility index (Phi) is 17.2. The van der Waals surface area contributed by atoms with Crippen LogP contribution in [0.5, 0.6) is 0 Å². The number of fused-ring (bicyclic) bond motifs is 42. The lowest BCUT2D eigenvalue weighted by Crippen LogP contribution is -2.04. The van der Waals surface area contributed by atoms with Crippen molar-refractivity contribution in [2.45, 2.75) is 0 Å². The van der Waals surface area contributed by atoms with Gasteiger partial charge in [0.15, 0.2) is 0 Å². The highest BCUT2D eigenvalue weighted by Gasteiger charge is 2.31. The van der Waals surface area contributed by atoms with Crippen molar-refractivity contribution in [3.05, 3.63) is 438 Å². The van der Waals surface area contributed by atoms with Gasteiger partial charge in [-0.3, -0.25) is 33.6 Å². The molecule has 19 aromatic carbocycles. The summed E-state index contributed by atoms with van der Waals surface area (Å²) >= 11 is 0. The highest BCUT2D eigenvalue weighted by Crippen LogP contribution is 2.52. The van der Waals surface area contributed by atoms with E-state index in [4.69, 9.17) is 43.2 Å². The van der Waals surface area contributed by atoms with E-state index in [1.807, 2.05) is 91.9 Å². The molecule has 142 heavy (non-hydrogen) atoms. The van der Waals surface area contributed by atoms with E-state index in [0.717, 1.165) is 279 Å². The summed E-state index contributed by atoms with van der Waals surface area (Å²) in [6.07, 6.45) is 13.2. The Hall–Kier alpha value is -19.5. The number of para-hydroxylation sites is 6. The second kappa shape index (κ2) is 31.0. The van der Waals surface area contributed by atoms with Gasteiger partial charge >= 0.3 is 0 Å². The molecule has 0 atom stereocenters. The first-order chi connectivity index (χ1) is 70.5. The summed E-state index contributed by atoms with van der Waals surface area (Å²) in [4.78, 5) is 46.0. The molecule has 0 unspecified atom stereocenters. The van der Waals surface area contributed by atoms with Crippen LogP contribution in [0.4, 0.5) is 0 Å². The van der Waals surface area contributed by atoms with Crippen LogP contribution in [0.15, 0.2) is 451 Å². The zero-order valence-electron chi connectivity index (χ0n) is 75.7. The molecule has 0 spiro atoms. The molecule has 15 heteroatoms. The molecule has 0 aliphatic rings. The fraction of sp³-hybridized carbons (Fsp3) is 0. The minimum Gasteiger partial charge on any atom is -0.455 e. The summed E-state index contributed by atoms with van der Waals surface area (Å²) in [7, 11) is 0. The quantitative estimate of drug-likeness (QED) is 0.139. The molecule has 13 heterocycles. The maximum Gasteiger partial charge on any atom is 0.235 e. The van der Waals surface area contributed by atoms with Crippen molar-refractivity contribution in [1.82, 2.24) is 58.6 Å². The van der Waals surface area contributed by atoms with E-state index in [1.54, 1.807) is 0 Å². The second-order valence-electron chi connectivity index (χ2n) is 36.3. The monoisotopic (exact) mass is 1810 g/mol. The third-order valence-electron chi connectivity index (χ3n) is 28.8. The Bertz CT molecular complexity index is 11000. The Morgan fingerprint density at radius 3 is 1.07 bits per heavy atom. The molecule has 0 aliphatic heterocycles. The van der Waals surface area contributed by atoms with Crippen LogP contribution in [-0.4, -0.2) is 58.6 Å². The molecule has 0 saturated heterocycles. The molecular weight excluding hydrogens is 1740 g/mol. The number of nitrogens with zero attached hydrogens (tertiary/aromatic N) is 12. The van der Waals surface area contributed by atoms with Gasteiger partial charge in [-0.1, -0.05) is 322 Å². The number of hydrogen-bond donors (Lipinski definition) is 0. The largest absolute Gasteiger partial charge is 0.455 e. The number of furan rings is 3. The first-order valence-corrected chi connectivity index (χ1v) is 47.6. The number of aromatic nitrogens is 12. The zero-order chi connectivity index (χ0) is 92.9. The first-order valence-electron chi connectivity index (χ1n) is 47.6. The minimum absolute atomic E-state index is 0.618. The molecule has 0 saturated carbocycles. The van der Waals surface area contributed by atoms with Gasteiger partial charge in [-0.05, 0) is 133 Å². The minimum atomic E-state index is 0.618. The Labute approximate surface area is 806 Å². The van der Waals surface area contributed by atoms with Crippen molar-refractivity contribution >= 4 is 239 Å². The van der Waals surface area contributed by atoms with Gasteiger partial charge in [0.05, 0.1) is 82.7 Å². The summed E-state index contributed by atoms with van der Waals surface area (Å²) in [5.41, 5.74) is 23.2. The summed E-state index contributed by atoms with van der Waals surface area (Å²) in [5, 5.41) is 30.4. The third kappa shape index (κ3) is 11.6. The van der Waals surface area contributed by atoms with Crippen LogP contribution in [0.2, 0.25) is 0 Å². The normalized spacial score (nSPS) is 12.1. The van der Waals surface area contributed by atoms with Crippen molar-refractivity contribution in [1.29, 1.82) is 0 Å². The van der Waals surface area contributed by atoms with Gasteiger partial charge in [-0.25, -0.2) is 24.9 Å². The Morgan fingerprint density at radius 1 is 0.197 bits per heavy atom. The average Bonchev–Trinajstić information content (AvgIpc) is 1.55. The molecular formula is C127H72N12O3. The Morgan fingerprint density at radius 2 is 0.563 bits per heavy atom. The fourth-order valence-corrected chi connectivity index (χ4v) is 22.9. The molecule has 0 fully saturated rings. The van der Waals surface area contributed by atoms with E-state index >= 15 is 0 Å². The molecule has 32 aromatic rings. The molecule has 658 valence electrons. The van der Waals surface area contributed by atoms with Crippen molar-refractivity contribution in [3.63, 3.8) is 0 Å². The molecule has 0 bridgehead atoms. The van der Waals surface area contributed by atoms with E-state index in [0.29, 0.717) is 11.9 Å². The molecule has 0 aliphatic carbocycles. The van der Waals surface area contributed by atoms with Gasteiger partial charge in [0.1, 0.15) is 39.3 Å². The average molecular weight is 1810 g/mol. The van der Waals surface area contributed by atoms with E-state index in [1.165, 1.54) is 10.8 Å². The van der Waals surface area contributed by atoms with Crippen LogP contribution in [-0.2, 0) is 0 Å². The predicted molar refractivity (Wildman–Crippen MR) is 581 cm³/mol. The zero-order valence-corrected chi connectivity index (χ0v) is 75.7. The SMILES string of the molecule is c1ccc(-c2ccnc3c2ccc2c(-c4ccccc4)cc(-n4c5ccccc5c5c6ccncc6c6oc7ccccc7c6c54)nc23)cc1.c1ccc(-c2nc(-n3c4ccccc4c4c5ccncc5c5oc6ccccc6c5c43)nc3c2ccc2ccccc23)cc1.c1ccc(-c2nc(-n3c4ccccc4c4c5ccncc5c5oc6ccccc6c5c43)nc3c4ccccc4c4ccccc4c23)cc1. The summed E-state index contributed by atoms with van der Waals surface area (Å²) in [5.74, 6) is 2.06. The van der Waals surface area contributed by atoms with Crippen LogP contribution in [0, 0.1) is 0 Å². The lowest BCUT2D eigenvalue weighted by atomic mass is 9.94. The van der Waals surface area contributed by atoms with Crippen molar-refractivity contribution in [2.24, 2.45) is 0 Å². The van der Waals surface area contributed by atoms with Gasteiger partial charge in [0.25, 0.3) is 0 Å². The lowest BCUT2D eigenvalue weighted by molar-refractivity contribution is 0.672. The van der Waals surface area contributed by atoms with Gasteiger partial charge in [-0.2, -0.15) is 0 Å². The van der Waals surface area contributed by atoms with Crippen LogP contribution in [0.3, 0.4) is 0 Å². The van der Waals surface area contributed by atoms with Crippen LogP contribution >= 0.6 is 0 Å². The molecule has 32 rings (SSSR count). The van der Waals surface area contributed by atoms with E-state index in [2.05, 4.69) is 374 Å². The number of hydrogen-bond acceptors (Lipinski definition) is 12.